The van der Waals surface area contributed by atoms with Gasteiger partial charge in [-0.25, -0.2) is 0 Å². The second kappa shape index (κ2) is 6.65. The van der Waals surface area contributed by atoms with Crippen LogP contribution in [0.25, 0.3) is 0 Å². The number of aliphatic hydroxyl groups is 1. The molecule has 0 aromatic heterocycles. The maximum atomic E-state index is 12.5. The minimum atomic E-state index is -4.48. The molecule has 0 spiro atoms. The number of aliphatic hydroxyl groups excluding tert-OH is 1. The molecule has 1 aromatic rings. The Hall–Kier alpha value is -1.28. The van der Waals surface area contributed by atoms with Crippen molar-refractivity contribution in [3.63, 3.8) is 0 Å². The van der Waals surface area contributed by atoms with E-state index in [0.717, 1.165) is 18.2 Å². The lowest BCUT2D eigenvalue weighted by atomic mass is 9.99. The number of ether oxygens (including phenoxy) is 1. The molecular formula is C13H14F6O2. The molecule has 1 N–H and O–H groups in total. The Kier molecular flexibility index (Phi) is 5.63. The van der Waals surface area contributed by atoms with E-state index in [-0.39, 0.29) is 24.2 Å². The van der Waals surface area contributed by atoms with Crippen molar-refractivity contribution in [2.24, 2.45) is 0 Å². The predicted octanol–water partition coefficient (Wildman–Crippen LogP) is 4.02. The van der Waals surface area contributed by atoms with Gasteiger partial charge in [0, 0.05) is 13.0 Å². The lowest BCUT2D eigenvalue weighted by Gasteiger charge is -2.16. The predicted molar refractivity (Wildman–Crippen MR) is 62.6 cm³/mol. The summed E-state index contributed by atoms with van der Waals surface area (Å²) in [5.41, 5.74) is -0.393. The van der Waals surface area contributed by atoms with E-state index in [2.05, 4.69) is 4.74 Å². The number of benzene rings is 1. The van der Waals surface area contributed by atoms with Crippen LogP contribution in [0, 0.1) is 6.92 Å². The van der Waals surface area contributed by atoms with Crippen LogP contribution in [0.1, 0.15) is 29.2 Å². The van der Waals surface area contributed by atoms with Gasteiger partial charge in [-0.3, -0.25) is 0 Å². The molecule has 1 aromatic carbocycles. The van der Waals surface area contributed by atoms with E-state index in [9.17, 15) is 31.4 Å². The summed E-state index contributed by atoms with van der Waals surface area (Å²) in [6, 6.07) is 2.82. The number of hydrogen-bond acceptors (Lipinski definition) is 2. The van der Waals surface area contributed by atoms with Gasteiger partial charge < -0.3 is 9.84 Å². The summed E-state index contributed by atoms with van der Waals surface area (Å²) in [7, 11) is 0. The van der Waals surface area contributed by atoms with Crippen LogP contribution in [0.5, 0.6) is 0 Å². The summed E-state index contributed by atoms with van der Waals surface area (Å²) in [6.07, 6.45) is -10.2. The van der Waals surface area contributed by atoms with Crippen molar-refractivity contribution in [1.29, 1.82) is 0 Å². The molecule has 0 saturated carbocycles. The third-order valence-corrected chi connectivity index (χ3v) is 2.76. The Bertz CT molecular complexity index is 467. The Morgan fingerprint density at radius 2 is 1.76 bits per heavy atom. The normalized spacial score (nSPS) is 14.3. The van der Waals surface area contributed by atoms with Gasteiger partial charge in [-0.1, -0.05) is 6.07 Å². The van der Waals surface area contributed by atoms with Gasteiger partial charge in [0.2, 0.25) is 0 Å². The van der Waals surface area contributed by atoms with Crippen LogP contribution in [0.2, 0.25) is 0 Å². The molecule has 8 heteroatoms. The molecule has 0 aliphatic carbocycles. The molecule has 0 saturated heterocycles. The van der Waals surface area contributed by atoms with Gasteiger partial charge in [0.05, 0.1) is 11.7 Å². The zero-order valence-electron chi connectivity index (χ0n) is 11.1. The molecule has 120 valence electrons. The summed E-state index contributed by atoms with van der Waals surface area (Å²) in [6.45, 7) is -0.378. The highest BCUT2D eigenvalue weighted by Crippen LogP contribution is 2.32. The highest BCUT2D eigenvalue weighted by molar-refractivity contribution is 5.33. The maximum absolute atomic E-state index is 12.5. The molecule has 21 heavy (non-hydrogen) atoms. The minimum absolute atomic E-state index is 0.137. The van der Waals surface area contributed by atoms with Crippen molar-refractivity contribution >= 4 is 0 Å². The number of aryl methyl sites for hydroxylation is 1. The lowest BCUT2D eigenvalue weighted by Crippen LogP contribution is -2.18. The van der Waals surface area contributed by atoms with Crippen molar-refractivity contribution < 1.29 is 36.2 Å². The first-order valence-corrected chi connectivity index (χ1v) is 6.01. The monoisotopic (exact) mass is 316 g/mol. The molecule has 0 radical (unpaired) electrons. The summed E-state index contributed by atoms with van der Waals surface area (Å²) in [5.74, 6) is 0. The molecule has 0 aliphatic rings. The fourth-order valence-electron chi connectivity index (χ4n) is 1.76. The first-order valence-electron chi connectivity index (χ1n) is 6.01. The highest BCUT2D eigenvalue weighted by atomic mass is 19.4. The second-order valence-corrected chi connectivity index (χ2v) is 4.54. The molecule has 0 bridgehead atoms. The largest absolute Gasteiger partial charge is 0.416 e. The van der Waals surface area contributed by atoms with Gasteiger partial charge in [0.15, 0.2) is 0 Å². The van der Waals surface area contributed by atoms with Gasteiger partial charge in [-0.15, -0.1) is 0 Å². The van der Waals surface area contributed by atoms with E-state index in [0.29, 0.717) is 0 Å². The molecule has 0 amide bonds. The van der Waals surface area contributed by atoms with Crippen LogP contribution >= 0.6 is 0 Å². The number of rotatable bonds is 5. The molecule has 1 atom stereocenters. The summed E-state index contributed by atoms with van der Waals surface area (Å²) < 4.78 is 77.2. The van der Waals surface area contributed by atoms with Crippen molar-refractivity contribution in [2.75, 3.05) is 13.2 Å². The third-order valence-electron chi connectivity index (χ3n) is 2.76. The summed E-state index contributed by atoms with van der Waals surface area (Å²) in [4.78, 5) is 0. The zero-order chi connectivity index (χ0) is 16.3. The third kappa shape index (κ3) is 5.92. The van der Waals surface area contributed by atoms with Crippen molar-refractivity contribution in [1.82, 2.24) is 0 Å². The van der Waals surface area contributed by atoms with Crippen LogP contribution in [0.4, 0.5) is 26.3 Å². The summed E-state index contributed by atoms with van der Waals surface area (Å²) >= 11 is 0. The van der Waals surface area contributed by atoms with Crippen LogP contribution in [0.3, 0.4) is 0 Å². The quantitative estimate of drug-likeness (QED) is 0.657. The van der Waals surface area contributed by atoms with Gasteiger partial charge in [0.1, 0.15) is 6.61 Å². The lowest BCUT2D eigenvalue weighted by molar-refractivity contribution is -0.175. The topological polar surface area (TPSA) is 29.5 Å². The highest BCUT2D eigenvalue weighted by Gasteiger charge is 2.31. The first kappa shape index (κ1) is 17.8. The average molecular weight is 316 g/mol. The van der Waals surface area contributed by atoms with Crippen LogP contribution in [-0.2, 0) is 10.9 Å². The molecule has 2 nitrogen and oxygen atoms in total. The van der Waals surface area contributed by atoms with E-state index in [1.807, 2.05) is 0 Å². The molecule has 0 fully saturated rings. The Morgan fingerprint density at radius 3 is 2.24 bits per heavy atom. The molecular weight excluding hydrogens is 302 g/mol. The van der Waals surface area contributed by atoms with E-state index in [4.69, 9.17) is 0 Å². The molecule has 0 heterocycles. The molecule has 1 rings (SSSR count). The second-order valence-electron chi connectivity index (χ2n) is 4.54. The fraction of sp³-hybridized carbons (Fsp3) is 0.538. The van der Waals surface area contributed by atoms with Crippen molar-refractivity contribution in [2.45, 2.75) is 31.8 Å². The zero-order valence-corrected chi connectivity index (χ0v) is 11.1. The van der Waals surface area contributed by atoms with Crippen molar-refractivity contribution in [3.8, 4) is 0 Å². The molecule has 0 aliphatic heterocycles. The Labute approximate surface area is 117 Å². The first-order chi connectivity index (χ1) is 9.50. The number of hydrogen-bond donors (Lipinski definition) is 1. The molecule has 1 unspecified atom stereocenters. The number of alkyl halides is 6. The van der Waals surface area contributed by atoms with Gasteiger partial charge in [-0.2, -0.15) is 26.3 Å². The Morgan fingerprint density at radius 1 is 1.14 bits per heavy atom. The van der Waals surface area contributed by atoms with Crippen molar-refractivity contribution in [3.05, 3.63) is 34.9 Å². The van der Waals surface area contributed by atoms with E-state index < -0.39 is 30.6 Å². The van der Waals surface area contributed by atoms with Crippen LogP contribution in [0.15, 0.2) is 18.2 Å². The summed E-state index contributed by atoms with van der Waals surface area (Å²) in [5, 5.41) is 9.78. The van der Waals surface area contributed by atoms with E-state index >= 15 is 0 Å². The average Bonchev–Trinajstić information content (AvgIpc) is 2.32. The van der Waals surface area contributed by atoms with Crippen LogP contribution < -0.4 is 0 Å². The van der Waals surface area contributed by atoms with Gasteiger partial charge >= 0.3 is 12.4 Å². The maximum Gasteiger partial charge on any atom is 0.416 e. The number of halogens is 6. The Balaban J connectivity index is 2.61. The fourth-order valence-corrected chi connectivity index (χ4v) is 1.76. The standard InChI is InChI=1S/C13H14F6O2/c1-8-6-9(13(17,18)19)2-3-10(8)11(20)4-5-21-7-12(14,15)16/h2-3,6,11,20H,4-5,7H2,1H3. The van der Waals surface area contributed by atoms with Crippen LogP contribution in [-0.4, -0.2) is 24.5 Å². The van der Waals surface area contributed by atoms with Gasteiger partial charge in [-0.05, 0) is 30.2 Å². The SMILES string of the molecule is Cc1cc(C(F)(F)F)ccc1C(O)CCOCC(F)(F)F. The van der Waals surface area contributed by atoms with Gasteiger partial charge in [0.25, 0.3) is 0 Å². The van der Waals surface area contributed by atoms with E-state index in [1.165, 1.54) is 6.92 Å². The van der Waals surface area contributed by atoms with E-state index in [1.54, 1.807) is 0 Å². The minimum Gasteiger partial charge on any atom is -0.388 e. The smallest absolute Gasteiger partial charge is 0.388 e.